The lowest BCUT2D eigenvalue weighted by Crippen LogP contribution is -2.48. The zero-order valence-corrected chi connectivity index (χ0v) is 12.7. The first-order valence-corrected chi connectivity index (χ1v) is 8.72. The zero-order chi connectivity index (χ0) is 13.6. The smallest absolute Gasteiger partial charge is 0.0670 e. The number of rotatable bonds is 3. The molecule has 4 saturated carbocycles. The van der Waals surface area contributed by atoms with Gasteiger partial charge in [0, 0.05) is 9.64 Å². The van der Waals surface area contributed by atoms with Gasteiger partial charge in [0.1, 0.15) is 0 Å². The van der Waals surface area contributed by atoms with Crippen molar-refractivity contribution < 1.29 is 0 Å². The summed E-state index contributed by atoms with van der Waals surface area (Å²) in [6, 6.07) is 10.9. The number of hydrogen-bond acceptors (Lipinski definition) is 2. The largest absolute Gasteiger partial charge is 0.198 e. The van der Waals surface area contributed by atoms with Crippen molar-refractivity contribution in [2.24, 2.45) is 17.8 Å². The maximum Gasteiger partial charge on any atom is 0.0670 e. The Kier molecular flexibility index (Phi) is 3.07. The Bertz CT molecular complexity index is 521. The molecule has 0 heterocycles. The molecular weight excluding hydrogens is 262 g/mol. The molecule has 5 rings (SSSR count). The Morgan fingerprint density at radius 1 is 1.05 bits per heavy atom. The number of nitriles is 1. The summed E-state index contributed by atoms with van der Waals surface area (Å²) in [6.07, 6.45) is 9.31. The lowest BCUT2D eigenvalue weighted by molar-refractivity contribution is 0.0383. The lowest BCUT2D eigenvalue weighted by Gasteiger charge is -2.56. The highest BCUT2D eigenvalue weighted by Crippen LogP contribution is 2.62. The maximum atomic E-state index is 9.01. The van der Waals surface area contributed by atoms with E-state index in [0.29, 0.717) is 11.2 Å². The fraction of sp³-hybridized carbons (Fsp3) is 0.611. The van der Waals surface area contributed by atoms with Gasteiger partial charge in [0.2, 0.25) is 0 Å². The molecule has 0 amide bonds. The van der Waals surface area contributed by atoms with Crippen LogP contribution in [0.4, 0.5) is 0 Å². The summed E-state index contributed by atoms with van der Waals surface area (Å²) in [5.41, 5.74) is 1.23. The van der Waals surface area contributed by atoms with Crippen molar-refractivity contribution in [3.63, 3.8) is 0 Å². The molecule has 20 heavy (non-hydrogen) atoms. The van der Waals surface area contributed by atoms with E-state index in [1.807, 2.05) is 0 Å². The monoisotopic (exact) mass is 283 g/mol. The third-order valence-corrected chi connectivity index (χ3v) is 7.10. The Labute approximate surface area is 125 Å². The second-order valence-electron chi connectivity index (χ2n) is 7.15. The summed E-state index contributed by atoms with van der Waals surface area (Å²) in [5, 5.41) is 9.01. The second-order valence-corrected chi connectivity index (χ2v) is 8.66. The number of hydrogen-bond donors (Lipinski definition) is 0. The predicted molar refractivity (Wildman–Crippen MR) is 82.5 cm³/mol. The van der Waals surface area contributed by atoms with Crippen LogP contribution in [0, 0.1) is 29.1 Å². The van der Waals surface area contributed by atoms with Crippen LogP contribution in [0.1, 0.15) is 44.1 Å². The molecule has 0 N–H and O–H groups in total. The van der Waals surface area contributed by atoms with Gasteiger partial charge in [-0.25, -0.2) is 0 Å². The van der Waals surface area contributed by atoms with Crippen molar-refractivity contribution in [1.29, 1.82) is 5.26 Å². The van der Waals surface area contributed by atoms with Crippen molar-refractivity contribution in [3.05, 3.63) is 29.8 Å². The minimum absolute atomic E-state index is 0.500. The molecule has 0 saturated heterocycles. The molecule has 4 fully saturated rings. The first-order chi connectivity index (χ1) is 9.76. The van der Waals surface area contributed by atoms with Crippen LogP contribution in [0.3, 0.4) is 0 Å². The minimum atomic E-state index is 0.500. The molecular formula is C18H21NS. The summed E-state index contributed by atoms with van der Waals surface area (Å²) in [6.45, 7) is 0. The van der Waals surface area contributed by atoms with Gasteiger partial charge < -0.3 is 0 Å². The van der Waals surface area contributed by atoms with Crippen molar-refractivity contribution in [3.8, 4) is 6.07 Å². The van der Waals surface area contributed by atoms with Crippen LogP contribution in [-0.2, 0) is 6.42 Å². The van der Waals surface area contributed by atoms with E-state index in [0.717, 1.165) is 17.8 Å². The summed E-state index contributed by atoms with van der Waals surface area (Å²) < 4.78 is 0.500. The topological polar surface area (TPSA) is 23.8 Å². The van der Waals surface area contributed by atoms with E-state index in [1.165, 1.54) is 49.0 Å². The third-order valence-electron chi connectivity index (χ3n) is 5.55. The number of thioether (sulfide) groups is 1. The Balaban J connectivity index is 1.61. The van der Waals surface area contributed by atoms with Gasteiger partial charge in [0.15, 0.2) is 0 Å². The molecule has 0 unspecified atom stereocenters. The Morgan fingerprint density at radius 3 is 2.25 bits per heavy atom. The van der Waals surface area contributed by atoms with Gasteiger partial charge in [-0.3, -0.25) is 0 Å². The quantitative estimate of drug-likeness (QED) is 0.794. The molecule has 0 aliphatic heterocycles. The van der Waals surface area contributed by atoms with Gasteiger partial charge in [0.05, 0.1) is 12.5 Å². The minimum Gasteiger partial charge on any atom is -0.198 e. The van der Waals surface area contributed by atoms with Crippen molar-refractivity contribution in [1.82, 2.24) is 0 Å². The summed E-state index contributed by atoms with van der Waals surface area (Å²) in [4.78, 5) is 1.37. The molecule has 0 spiro atoms. The van der Waals surface area contributed by atoms with E-state index in [9.17, 15) is 0 Å². The second kappa shape index (κ2) is 4.81. The van der Waals surface area contributed by atoms with Crippen LogP contribution >= 0.6 is 11.8 Å². The third kappa shape index (κ3) is 2.17. The lowest BCUT2D eigenvalue weighted by atomic mass is 9.56. The maximum absolute atomic E-state index is 9.01. The highest BCUT2D eigenvalue weighted by molar-refractivity contribution is 8.00. The van der Waals surface area contributed by atoms with E-state index >= 15 is 0 Å². The van der Waals surface area contributed by atoms with Gasteiger partial charge in [-0.15, -0.1) is 11.8 Å². The van der Waals surface area contributed by atoms with Gasteiger partial charge in [-0.2, -0.15) is 5.26 Å². The van der Waals surface area contributed by atoms with Crippen LogP contribution in [0.5, 0.6) is 0 Å². The molecule has 2 heteroatoms. The fourth-order valence-electron chi connectivity index (χ4n) is 5.22. The molecule has 1 aromatic carbocycles. The molecule has 0 atom stereocenters. The highest BCUT2D eigenvalue weighted by Gasteiger charge is 2.51. The van der Waals surface area contributed by atoms with Crippen LogP contribution < -0.4 is 0 Å². The standard InChI is InChI=1S/C18H21NS/c19-6-5-16-3-1-2-4-17(16)20-18-10-13-7-14(11-18)9-15(8-13)12-18/h1-4,13-15H,5,7-12H2. The van der Waals surface area contributed by atoms with E-state index in [-0.39, 0.29) is 0 Å². The Morgan fingerprint density at radius 2 is 1.65 bits per heavy atom. The highest BCUT2D eigenvalue weighted by atomic mass is 32.2. The van der Waals surface area contributed by atoms with Crippen LogP contribution in [0.25, 0.3) is 0 Å². The average molecular weight is 283 g/mol. The predicted octanol–water partition coefficient (Wildman–Crippen LogP) is 4.81. The fourth-order valence-corrected chi connectivity index (χ4v) is 7.07. The number of benzene rings is 1. The molecule has 0 radical (unpaired) electrons. The van der Waals surface area contributed by atoms with E-state index < -0.39 is 0 Å². The van der Waals surface area contributed by atoms with Crippen molar-refractivity contribution >= 4 is 11.8 Å². The van der Waals surface area contributed by atoms with Gasteiger partial charge >= 0.3 is 0 Å². The van der Waals surface area contributed by atoms with E-state index in [2.05, 4.69) is 42.1 Å². The normalized spacial score (nSPS) is 37.9. The van der Waals surface area contributed by atoms with E-state index in [1.54, 1.807) is 0 Å². The first-order valence-electron chi connectivity index (χ1n) is 7.90. The molecule has 4 aliphatic rings. The number of nitrogens with zero attached hydrogens (tertiary/aromatic N) is 1. The van der Waals surface area contributed by atoms with Crippen LogP contribution in [-0.4, -0.2) is 4.75 Å². The van der Waals surface area contributed by atoms with Gasteiger partial charge in [-0.1, -0.05) is 18.2 Å². The molecule has 1 aromatic rings. The van der Waals surface area contributed by atoms with Gasteiger partial charge in [-0.05, 0) is 67.9 Å². The molecule has 4 aliphatic carbocycles. The van der Waals surface area contributed by atoms with Crippen LogP contribution in [0.15, 0.2) is 29.2 Å². The Hall–Kier alpha value is -0.940. The zero-order valence-electron chi connectivity index (χ0n) is 11.8. The average Bonchev–Trinajstić information content (AvgIpc) is 2.39. The van der Waals surface area contributed by atoms with Crippen LogP contribution in [0.2, 0.25) is 0 Å². The summed E-state index contributed by atoms with van der Waals surface area (Å²) in [5.74, 6) is 2.99. The first kappa shape index (κ1) is 12.8. The molecule has 0 aromatic heterocycles. The summed E-state index contributed by atoms with van der Waals surface area (Å²) >= 11 is 2.12. The van der Waals surface area contributed by atoms with E-state index in [4.69, 9.17) is 5.26 Å². The molecule has 104 valence electrons. The van der Waals surface area contributed by atoms with Gasteiger partial charge in [0.25, 0.3) is 0 Å². The SMILES string of the molecule is N#CCc1ccccc1SC12CC3CC(CC(C3)C1)C2. The summed E-state index contributed by atoms with van der Waals surface area (Å²) in [7, 11) is 0. The van der Waals surface area contributed by atoms with Crippen molar-refractivity contribution in [2.45, 2.75) is 54.6 Å². The van der Waals surface area contributed by atoms with Crippen molar-refractivity contribution in [2.75, 3.05) is 0 Å². The molecule has 4 bridgehead atoms. The molecule has 1 nitrogen and oxygen atoms in total.